The molecule has 0 bridgehead atoms. The normalized spacial score (nSPS) is 18.6. The van der Waals surface area contributed by atoms with Crippen LogP contribution >= 0.6 is 0 Å². The maximum absolute atomic E-state index is 13.8. The fourth-order valence-electron chi connectivity index (χ4n) is 3.25. The van der Waals surface area contributed by atoms with E-state index in [-0.39, 0.29) is 17.5 Å². The number of benzene rings is 1. The Morgan fingerprint density at radius 1 is 1.18 bits per heavy atom. The van der Waals surface area contributed by atoms with Gasteiger partial charge in [0.25, 0.3) is 0 Å². The second-order valence-electron chi connectivity index (χ2n) is 7.95. The van der Waals surface area contributed by atoms with E-state index in [1.54, 1.807) is 6.07 Å². The largest absolute Gasteiger partial charge is 0.494 e. The van der Waals surface area contributed by atoms with E-state index in [9.17, 15) is 18.0 Å². The highest BCUT2D eigenvalue weighted by Crippen LogP contribution is 2.39. The van der Waals surface area contributed by atoms with Crippen LogP contribution in [0.25, 0.3) is 10.9 Å². The second-order valence-corrected chi connectivity index (χ2v) is 7.95. The van der Waals surface area contributed by atoms with Crippen molar-refractivity contribution in [1.82, 2.24) is 9.88 Å². The van der Waals surface area contributed by atoms with Gasteiger partial charge in [-0.25, -0.2) is 4.79 Å². The molecule has 1 aromatic carbocycles. The topological polar surface area (TPSA) is 72.7 Å². The monoisotopic (exact) mass is 398 g/mol. The lowest BCUT2D eigenvalue weighted by atomic mass is 9.77. The SMILES string of the molecule is Cn1c(CNC(=O)O)cc2cc(B3OC(C)(C)C(C)(C)O3)cc(C(F)(F)F)c21. The van der Waals surface area contributed by atoms with E-state index in [4.69, 9.17) is 14.4 Å². The van der Waals surface area contributed by atoms with Crippen molar-refractivity contribution in [3.63, 3.8) is 0 Å². The Bertz CT molecular complexity index is 921. The maximum Gasteiger partial charge on any atom is 0.494 e. The Balaban J connectivity index is 2.13. The zero-order valence-corrected chi connectivity index (χ0v) is 16.3. The van der Waals surface area contributed by atoms with Crippen LogP contribution in [-0.2, 0) is 29.1 Å². The number of alkyl halides is 3. The first kappa shape index (κ1) is 20.5. The van der Waals surface area contributed by atoms with Crippen LogP contribution in [0.4, 0.5) is 18.0 Å². The molecule has 1 aromatic heterocycles. The van der Waals surface area contributed by atoms with E-state index < -0.39 is 36.2 Å². The number of nitrogens with zero attached hydrogens (tertiary/aromatic N) is 1. The zero-order valence-electron chi connectivity index (χ0n) is 16.3. The van der Waals surface area contributed by atoms with Crippen LogP contribution in [-0.4, -0.2) is 34.1 Å². The van der Waals surface area contributed by atoms with Gasteiger partial charge < -0.3 is 24.3 Å². The summed E-state index contributed by atoms with van der Waals surface area (Å²) in [6.45, 7) is 7.20. The molecule has 1 fully saturated rings. The Morgan fingerprint density at radius 2 is 1.75 bits per heavy atom. The van der Waals surface area contributed by atoms with Crippen molar-refractivity contribution in [2.75, 3.05) is 0 Å². The van der Waals surface area contributed by atoms with Gasteiger partial charge in [0.15, 0.2) is 0 Å². The Kier molecular flexibility index (Phi) is 4.71. The average Bonchev–Trinajstić information content (AvgIpc) is 2.97. The number of hydrogen-bond acceptors (Lipinski definition) is 3. The summed E-state index contributed by atoms with van der Waals surface area (Å²) in [4.78, 5) is 10.7. The molecule has 2 heterocycles. The molecule has 0 spiro atoms. The molecule has 1 aliphatic rings. The average molecular weight is 398 g/mol. The summed E-state index contributed by atoms with van der Waals surface area (Å²) in [7, 11) is 0.543. The molecule has 0 atom stereocenters. The number of carboxylic acid groups (broad SMARTS) is 1. The molecule has 10 heteroatoms. The summed E-state index contributed by atoms with van der Waals surface area (Å²) < 4.78 is 54.5. The van der Waals surface area contributed by atoms with Gasteiger partial charge in [-0.1, -0.05) is 6.07 Å². The molecule has 0 aliphatic carbocycles. The van der Waals surface area contributed by atoms with Gasteiger partial charge in [-0.3, -0.25) is 0 Å². The fourth-order valence-corrected chi connectivity index (χ4v) is 3.25. The fraction of sp³-hybridized carbons (Fsp3) is 0.500. The number of aromatic nitrogens is 1. The quantitative estimate of drug-likeness (QED) is 0.779. The number of aryl methyl sites for hydroxylation is 1. The van der Waals surface area contributed by atoms with Crippen molar-refractivity contribution < 1.29 is 32.4 Å². The van der Waals surface area contributed by atoms with Crippen molar-refractivity contribution in [2.45, 2.75) is 51.6 Å². The minimum absolute atomic E-state index is 0.0186. The number of amides is 1. The predicted octanol–water partition coefficient (Wildman–Crippen LogP) is 3.26. The van der Waals surface area contributed by atoms with Gasteiger partial charge in [-0.15, -0.1) is 0 Å². The van der Waals surface area contributed by atoms with Gasteiger partial charge in [0.05, 0.1) is 28.8 Å². The number of fused-ring (bicyclic) bond motifs is 1. The number of hydrogen-bond donors (Lipinski definition) is 2. The van der Waals surface area contributed by atoms with Crippen LogP contribution in [0.5, 0.6) is 0 Å². The summed E-state index contributed by atoms with van der Waals surface area (Å²) >= 11 is 0. The van der Waals surface area contributed by atoms with E-state index >= 15 is 0 Å². The van der Waals surface area contributed by atoms with E-state index in [0.717, 1.165) is 6.07 Å². The van der Waals surface area contributed by atoms with Crippen molar-refractivity contribution >= 4 is 29.6 Å². The predicted molar refractivity (Wildman–Crippen MR) is 98.5 cm³/mol. The second kappa shape index (κ2) is 6.42. The van der Waals surface area contributed by atoms with E-state index in [2.05, 4.69) is 5.32 Å². The van der Waals surface area contributed by atoms with E-state index in [1.165, 1.54) is 17.7 Å². The number of halogens is 3. The highest BCUT2D eigenvalue weighted by molar-refractivity contribution is 6.62. The summed E-state index contributed by atoms with van der Waals surface area (Å²) in [5, 5.41) is 11.3. The first-order chi connectivity index (χ1) is 12.7. The summed E-state index contributed by atoms with van der Waals surface area (Å²) in [6, 6.07) is 4.17. The van der Waals surface area contributed by atoms with Crippen LogP contribution in [0.3, 0.4) is 0 Å². The first-order valence-corrected chi connectivity index (χ1v) is 8.75. The number of nitrogens with one attached hydrogen (secondary N) is 1. The van der Waals surface area contributed by atoms with Crippen LogP contribution in [0.15, 0.2) is 18.2 Å². The molecule has 2 aromatic rings. The molecule has 0 unspecified atom stereocenters. The molecule has 3 rings (SSSR count). The van der Waals surface area contributed by atoms with Crippen LogP contribution in [0.1, 0.15) is 39.0 Å². The molecule has 0 saturated carbocycles. The molecule has 1 saturated heterocycles. The third kappa shape index (κ3) is 3.46. The summed E-state index contributed by atoms with van der Waals surface area (Å²) in [6.07, 6.45) is -5.85. The van der Waals surface area contributed by atoms with Crippen LogP contribution < -0.4 is 10.8 Å². The summed E-state index contributed by atoms with van der Waals surface area (Å²) in [5.41, 5.74) is -1.53. The molecule has 6 nitrogen and oxygen atoms in total. The highest BCUT2D eigenvalue weighted by atomic mass is 19.4. The minimum atomic E-state index is -4.60. The lowest BCUT2D eigenvalue weighted by Crippen LogP contribution is -2.41. The van der Waals surface area contributed by atoms with Gasteiger partial charge in [-0.2, -0.15) is 13.2 Å². The van der Waals surface area contributed by atoms with Crippen LogP contribution in [0.2, 0.25) is 0 Å². The lowest BCUT2D eigenvalue weighted by molar-refractivity contribution is -0.136. The van der Waals surface area contributed by atoms with Gasteiger partial charge in [0.2, 0.25) is 0 Å². The summed E-state index contributed by atoms with van der Waals surface area (Å²) in [5.74, 6) is 0. The molecule has 1 aliphatic heterocycles. The molecule has 0 radical (unpaired) electrons. The smallest absolute Gasteiger partial charge is 0.465 e. The van der Waals surface area contributed by atoms with Gasteiger partial charge in [0.1, 0.15) is 0 Å². The highest BCUT2D eigenvalue weighted by Gasteiger charge is 2.52. The Morgan fingerprint density at radius 3 is 2.25 bits per heavy atom. The Hall–Kier alpha value is -2.20. The third-order valence-electron chi connectivity index (χ3n) is 5.50. The van der Waals surface area contributed by atoms with E-state index in [0.29, 0.717) is 11.1 Å². The third-order valence-corrected chi connectivity index (χ3v) is 5.50. The van der Waals surface area contributed by atoms with Gasteiger partial charge in [-0.05, 0) is 45.3 Å². The zero-order chi connectivity index (χ0) is 21.1. The van der Waals surface area contributed by atoms with E-state index in [1.807, 2.05) is 27.7 Å². The minimum Gasteiger partial charge on any atom is -0.465 e. The molecular formula is C18H22BF3N2O4. The van der Waals surface area contributed by atoms with Gasteiger partial charge >= 0.3 is 19.4 Å². The van der Waals surface area contributed by atoms with Crippen molar-refractivity contribution in [2.24, 2.45) is 7.05 Å². The molecule has 1 amide bonds. The van der Waals surface area contributed by atoms with Crippen molar-refractivity contribution in [3.05, 3.63) is 29.5 Å². The van der Waals surface area contributed by atoms with Crippen molar-refractivity contribution in [1.29, 1.82) is 0 Å². The Labute approximate surface area is 160 Å². The van der Waals surface area contributed by atoms with Gasteiger partial charge in [0, 0.05) is 18.1 Å². The van der Waals surface area contributed by atoms with Crippen molar-refractivity contribution in [3.8, 4) is 0 Å². The molecule has 2 N–H and O–H groups in total. The standard InChI is InChI=1S/C18H22BF3N2O4/c1-16(2)17(3,4)28-19(27-16)11-6-10-7-12(9-23-15(25)26)24(5)14(10)13(8-11)18(20,21)22/h6-8,23H,9H2,1-5H3,(H,25,26). The molecule has 152 valence electrons. The number of rotatable bonds is 3. The number of carbonyl (C=O) groups is 1. The first-order valence-electron chi connectivity index (χ1n) is 8.75. The lowest BCUT2D eigenvalue weighted by Gasteiger charge is -2.32. The maximum atomic E-state index is 13.8. The molecule has 28 heavy (non-hydrogen) atoms. The molecular weight excluding hydrogens is 376 g/mol. The van der Waals surface area contributed by atoms with Crippen LogP contribution in [0, 0.1) is 0 Å².